The van der Waals surface area contributed by atoms with E-state index in [-0.39, 0.29) is 18.4 Å². The van der Waals surface area contributed by atoms with Crippen LogP contribution in [0.2, 0.25) is 0 Å². The molecular formula is C16H22N4O3. The van der Waals surface area contributed by atoms with Crippen LogP contribution in [0.25, 0.3) is 0 Å². The van der Waals surface area contributed by atoms with Gasteiger partial charge in [-0.15, -0.1) is 0 Å². The van der Waals surface area contributed by atoms with Gasteiger partial charge in [0.2, 0.25) is 0 Å². The third-order valence-corrected chi connectivity index (χ3v) is 4.23. The average Bonchev–Trinajstić information content (AvgIpc) is 3.39. The number of aliphatic hydroxyl groups excluding tert-OH is 1. The van der Waals surface area contributed by atoms with E-state index in [0.717, 1.165) is 25.9 Å². The van der Waals surface area contributed by atoms with Crippen LogP contribution in [-0.2, 0) is 0 Å². The number of nitrogens with zero attached hydrogens (tertiary/aromatic N) is 3. The van der Waals surface area contributed by atoms with Gasteiger partial charge in [0.15, 0.2) is 0 Å². The first-order chi connectivity index (χ1) is 11.2. The van der Waals surface area contributed by atoms with Crippen LogP contribution in [0.3, 0.4) is 0 Å². The van der Waals surface area contributed by atoms with Gasteiger partial charge in [0.1, 0.15) is 5.69 Å². The molecule has 1 aliphatic carbocycles. The zero-order chi connectivity index (χ0) is 16.2. The lowest BCUT2D eigenvalue weighted by molar-refractivity contribution is 0.0609. The van der Waals surface area contributed by atoms with Crippen molar-refractivity contribution in [3.8, 4) is 0 Å². The first-order valence-electron chi connectivity index (χ1n) is 8.07. The maximum absolute atomic E-state index is 12.4. The molecule has 2 N–H and O–H groups in total. The molecule has 0 aromatic carbocycles. The molecule has 7 nitrogen and oxygen atoms in total. The van der Waals surface area contributed by atoms with Crippen molar-refractivity contribution in [3.63, 3.8) is 0 Å². The second-order valence-electron chi connectivity index (χ2n) is 6.04. The van der Waals surface area contributed by atoms with Gasteiger partial charge in [0.25, 0.3) is 11.8 Å². The van der Waals surface area contributed by atoms with Gasteiger partial charge in [-0.2, -0.15) is 0 Å². The van der Waals surface area contributed by atoms with Crippen LogP contribution in [0.1, 0.15) is 33.7 Å². The molecule has 2 aliphatic rings. The predicted octanol–water partition coefficient (Wildman–Crippen LogP) is -0.276. The fraction of sp³-hybridized carbons (Fsp3) is 0.562. The highest BCUT2D eigenvalue weighted by Crippen LogP contribution is 2.19. The first kappa shape index (κ1) is 15.9. The molecule has 2 heterocycles. The Bertz CT molecular complexity index is 563. The number of hydrogen-bond donors (Lipinski definition) is 2. The van der Waals surface area contributed by atoms with Crippen LogP contribution in [0.5, 0.6) is 0 Å². The molecule has 0 atom stereocenters. The molecule has 1 aromatic heterocycles. The molecule has 2 fully saturated rings. The first-order valence-corrected chi connectivity index (χ1v) is 8.07. The van der Waals surface area contributed by atoms with E-state index in [1.165, 1.54) is 6.20 Å². The molecule has 0 spiro atoms. The van der Waals surface area contributed by atoms with E-state index >= 15 is 0 Å². The Morgan fingerprint density at radius 1 is 1.22 bits per heavy atom. The maximum atomic E-state index is 12.4. The molecule has 0 bridgehead atoms. The lowest BCUT2D eigenvalue weighted by Gasteiger charge is -2.34. The minimum atomic E-state index is -0.128. The molecule has 7 heteroatoms. The molecule has 1 saturated heterocycles. The van der Waals surface area contributed by atoms with Crippen molar-refractivity contribution in [1.82, 2.24) is 20.1 Å². The SMILES string of the molecule is O=C(NC1CC1)c1ccc(C(=O)N2CCN(CCO)CC2)nc1. The van der Waals surface area contributed by atoms with E-state index < -0.39 is 0 Å². The Hall–Kier alpha value is -1.99. The van der Waals surface area contributed by atoms with Gasteiger partial charge in [-0.1, -0.05) is 0 Å². The van der Waals surface area contributed by atoms with Gasteiger partial charge in [-0.05, 0) is 25.0 Å². The fourth-order valence-electron chi connectivity index (χ4n) is 2.63. The smallest absolute Gasteiger partial charge is 0.272 e. The third-order valence-electron chi connectivity index (χ3n) is 4.23. The molecule has 0 unspecified atom stereocenters. The predicted molar refractivity (Wildman–Crippen MR) is 84.2 cm³/mol. The van der Waals surface area contributed by atoms with Gasteiger partial charge in [-0.3, -0.25) is 19.5 Å². The number of amides is 2. The van der Waals surface area contributed by atoms with Crippen LogP contribution in [-0.4, -0.2) is 77.1 Å². The average molecular weight is 318 g/mol. The highest BCUT2D eigenvalue weighted by Gasteiger charge is 2.25. The van der Waals surface area contributed by atoms with E-state index in [2.05, 4.69) is 15.2 Å². The Morgan fingerprint density at radius 2 is 1.96 bits per heavy atom. The molecule has 2 amide bonds. The number of aromatic nitrogens is 1. The number of hydrogen-bond acceptors (Lipinski definition) is 5. The largest absolute Gasteiger partial charge is 0.395 e. The second-order valence-corrected chi connectivity index (χ2v) is 6.04. The summed E-state index contributed by atoms with van der Waals surface area (Å²) in [4.78, 5) is 32.4. The summed E-state index contributed by atoms with van der Waals surface area (Å²) in [7, 11) is 0. The van der Waals surface area contributed by atoms with Crippen molar-refractivity contribution in [2.75, 3.05) is 39.3 Å². The van der Waals surface area contributed by atoms with Gasteiger partial charge in [0.05, 0.1) is 12.2 Å². The number of pyridine rings is 1. The second kappa shape index (κ2) is 7.06. The standard InChI is InChI=1S/C16H22N4O3/c21-10-9-19-5-7-20(8-6-19)16(23)14-4-1-12(11-17-14)15(22)18-13-2-3-13/h1,4,11,13,21H,2-3,5-10H2,(H,18,22). The van der Waals surface area contributed by atoms with Gasteiger partial charge >= 0.3 is 0 Å². The molecule has 1 saturated carbocycles. The number of carbonyl (C=O) groups is 2. The van der Waals surface area contributed by atoms with Crippen molar-refractivity contribution in [3.05, 3.63) is 29.6 Å². The summed E-state index contributed by atoms with van der Waals surface area (Å²) in [6.45, 7) is 3.56. The van der Waals surface area contributed by atoms with Crippen LogP contribution in [0.4, 0.5) is 0 Å². The molecular weight excluding hydrogens is 296 g/mol. The van der Waals surface area contributed by atoms with Crippen molar-refractivity contribution in [2.45, 2.75) is 18.9 Å². The summed E-state index contributed by atoms with van der Waals surface area (Å²) < 4.78 is 0. The van der Waals surface area contributed by atoms with E-state index in [1.54, 1.807) is 17.0 Å². The lowest BCUT2D eigenvalue weighted by Crippen LogP contribution is -2.49. The van der Waals surface area contributed by atoms with E-state index in [0.29, 0.717) is 36.9 Å². The fourth-order valence-corrected chi connectivity index (χ4v) is 2.63. The van der Waals surface area contributed by atoms with E-state index in [1.807, 2.05) is 0 Å². The Balaban J connectivity index is 1.56. The number of nitrogens with one attached hydrogen (secondary N) is 1. The number of carbonyl (C=O) groups excluding carboxylic acids is 2. The van der Waals surface area contributed by atoms with Gasteiger partial charge in [-0.25, -0.2) is 0 Å². The number of piperazine rings is 1. The molecule has 124 valence electrons. The Kier molecular flexibility index (Phi) is 4.88. The summed E-state index contributed by atoms with van der Waals surface area (Å²) in [6.07, 6.45) is 3.54. The van der Waals surface area contributed by atoms with E-state index in [9.17, 15) is 9.59 Å². The van der Waals surface area contributed by atoms with Crippen molar-refractivity contribution >= 4 is 11.8 Å². The topological polar surface area (TPSA) is 85.8 Å². The minimum Gasteiger partial charge on any atom is -0.395 e. The summed E-state index contributed by atoms with van der Waals surface area (Å²) in [5, 5.41) is 11.8. The number of aliphatic hydroxyl groups is 1. The van der Waals surface area contributed by atoms with Gasteiger partial charge in [0, 0.05) is 45.0 Å². The van der Waals surface area contributed by atoms with Gasteiger partial charge < -0.3 is 15.3 Å². The van der Waals surface area contributed by atoms with Crippen LogP contribution < -0.4 is 5.32 Å². The summed E-state index contributed by atoms with van der Waals surface area (Å²) in [6, 6.07) is 3.57. The third kappa shape index (κ3) is 4.05. The maximum Gasteiger partial charge on any atom is 0.272 e. The molecule has 1 aromatic rings. The summed E-state index contributed by atoms with van der Waals surface area (Å²) in [5.41, 5.74) is 0.852. The van der Waals surface area contributed by atoms with Crippen molar-refractivity contribution in [1.29, 1.82) is 0 Å². The molecule has 1 aliphatic heterocycles. The van der Waals surface area contributed by atoms with Crippen molar-refractivity contribution < 1.29 is 14.7 Å². The summed E-state index contributed by atoms with van der Waals surface area (Å²) in [5.74, 6) is -0.237. The number of rotatable bonds is 5. The van der Waals surface area contributed by atoms with Crippen LogP contribution in [0, 0.1) is 0 Å². The Morgan fingerprint density at radius 3 is 2.52 bits per heavy atom. The van der Waals surface area contributed by atoms with Crippen LogP contribution in [0.15, 0.2) is 18.3 Å². The minimum absolute atomic E-state index is 0.109. The number of β-amino-alcohol motifs (C(OH)–C–C–N with tert-alkyl or cyclic N) is 1. The normalized spacial score (nSPS) is 18.7. The summed E-state index contributed by atoms with van der Waals surface area (Å²) >= 11 is 0. The monoisotopic (exact) mass is 318 g/mol. The zero-order valence-electron chi connectivity index (χ0n) is 13.1. The quantitative estimate of drug-likeness (QED) is 0.780. The highest BCUT2D eigenvalue weighted by molar-refractivity contribution is 5.96. The zero-order valence-corrected chi connectivity index (χ0v) is 13.1. The van der Waals surface area contributed by atoms with Crippen LogP contribution >= 0.6 is 0 Å². The highest BCUT2D eigenvalue weighted by atomic mass is 16.3. The Labute approximate surface area is 135 Å². The molecule has 23 heavy (non-hydrogen) atoms. The van der Waals surface area contributed by atoms with E-state index in [4.69, 9.17) is 5.11 Å². The lowest BCUT2D eigenvalue weighted by atomic mass is 10.2. The molecule has 0 radical (unpaired) electrons. The molecule has 3 rings (SSSR count). The van der Waals surface area contributed by atoms with Crippen molar-refractivity contribution in [2.24, 2.45) is 0 Å².